The minimum Gasteiger partial charge on any atom is -0.303 e. The van der Waals surface area contributed by atoms with Crippen LogP contribution in [0.15, 0.2) is 0 Å². The molecular weight excluding hydrogens is 383 g/mol. The van der Waals surface area contributed by atoms with Crippen LogP contribution in [-0.4, -0.2) is 14.7 Å². The Labute approximate surface area is 146 Å². The second-order valence-electron chi connectivity index (χ2n) is 5.88. The van der Waals surface area contributed by atoms with Crippen molar-refractivity contribution in [1.29, 1.82) is 0 Å². The van der Waals surface area contributed by atoms with Gasteiger partial charge in [0.2, 0.25) is 0 Å². The molecule has 0 aliphatic carbocycles. The van der Waals surface area contributed by atoms with Gasteiger partial charge in [-0.3, -0.25) is 0 Å². The third-order valence-corrected chi connectivity index (χ3v) is 7.27. The van der Waals surface area contributed by atoms with Crippen LogP contribution >= 0.6 is 7.82 Å². The van der Waals surface area contributed by atoms with Gasteiger partial charge in [0.05, 0.1) is 0 Å². The molecule has 0 heterocycles. The Bertz CT molecular complexity index is 247. The van der Waals surface area contributed by atoms with E-state index in [-0.39, 0.29) is 0 Å². The van der Waals surface area contributed by atoms with E-state index in [0.717, 1.165) is 11.8 Å². The number of phosphoric acid groups is 1. The van der Waals surface area contributed by atoms with Gasteiger partial charge in [-0.05, 0) is 0 Å². The zero-order chi connectivity index (χ0) is 17.4. The minimum atomic E-state index is -4.64. The van der Waals surface area contributed by atoms with E-state index >= 15 is 0 Å². The zero-order valence-electron chi connectivity index (χ0n) is 14.8. The van der Waals surface area contributed by atoms with Crippen molar-refractivity contribution in [3.05, 3.63) is 0 Å². The molecule has 0 saturated carbocycles. The molecule has 0 amide bonds. The van der Waals surface area contributed by atoms with Crippen molar-refractivity contribution in [3.8, 4) is 0 Å². The van der Waals surface area contributed by atoms with Crippen molar-refractivity contribution >= 4 is 7.82 Å². The first-order valence-electron chi connectivity index (χ1n) is 8.64. The molecule has 6 heteroatoms. The van der Waals surface area contributed by atoms with Crippen LogP contribution in [0.5, 0.6) is 0 Å². The van der Waals surface area contributed by atoms with E-state index in [4.69, 9.17) is 19.2 Å². The molecule has 0 aromatic rings. The molecule has 3 N–H and O–H groups in total. The third-order valence-electron chi connectivity index (χ3n) is 3.79. The van der Waals surface area contributed by atoms with Crippen LogP contribution < -0.4 is 0 Å². The summed E-state index contributed by atoms with van der Waals surface area (Å²) in [6.07, 6.45) is 11.5. The molecule has 0 rings (SSSR count). The maximum Gasteiger partial charge on any atom is 0.466 e. The standard InChI is InChI=1S/2C8H17.Mo.H3O4P/c2*1-4-6-7-8(3)5-2;;1-5(2,3)4/h2*8H,3-7H2,1-2H3;;(H3,1,2,3,4). The van der Waals surface area contributed by atoms with Gasteiger partial charge in [0.1, 0.15) is 0 Å². The molecule has 0 saturated heterocycles. The van der Waals surface area contributed by atoms with Crippen molar-refractivity contribution in [3.63, 3.8) is 0 Å². The normalized spacial score (nSPS) is 14.1. The number of hydrogen-bond donors (Lipinski definition) is 3. The van der Waals surface area contributed by atoms with Crippen molar-refractivity contribution in [2.45, 2.75) is 88.7 Å². The predicted molar refractivity (Wildman–Crippen MR) is 90.5 cm³/mol. The summed E-state index contributed by atoms with van der Waals surface area (Å²) in [5, 5.41) is 0. The van der Waals surface area contributed by atoms with E-state index in [2.05, 4.69) is 27.7 Å². The largest absolute Gasteiger partial charge is 0.466 e. The predicted octanol–water partition coefficient (Wildman–Crippen LogP) is 5.41. The van der Waals surface area contributed by atoms with E-state index in [0.29, 0.717) is 18.6 Å². The Hall–Kier alpha value is 0.798. The Balaban J connectivity index is 0. The molecule has 0 fully saturated rings. The first-order valence-corrected chi connectivity index (χ1v) is 13.0. The van der Waals surface area contributed by atoms with Crippen molar-refractivity contribution in [2.75, 3.05) is 0 Å². The molecule has 0 spiro atoms. The number of unbranched alkanes of at least 4 members (excludes halogenated alkanes) is 2. The fourth-order valence-electron chi connectivity index (χ4n) is 2.20. The molecule has 22 heavy (non-hydrogen) atoms. The summed E-state index contributed by atoms with van der Waals surface area (Å²) in [5.41, 5.74) is 0. The molecule has 0 radical (unpaired) electrons. The Kier molecular flexibility index (Phi) is 19.0. The SMILES string of the molecule is CCCCC(CC)[CH2][Mo][CH2]C(CC)CCCC.O=P(O)(O)O. The van der Waals surface area contributed by atoms with E-state index in [1.807, 2.05) is 0 Å². The monoisotopic (exact) mass is 422 g/mol. The molecule has 0 aromatic heterocycles. The molecule has 2 atom stereocenters. The summed E-state index contributed by atoms with van der Waals surface area (Å²) in [7, 11) is -4.64. The first-order chi connectivity index (χ1) is 10.3. The second kappa shape index (κ2) is 16.6. The van der Waals surface area contributed by atoms with Gasteiger partial charge in [0, 0.05) is 0 Å². The summed E-state index contributed by atoms with van der Waals surface area (Å²) in [4.78, 5) is 24.8. The fraction of sp³-hybridized carbons (Fsp3) is 1.00. The number of hydrogen-bond acceptors (Lipinski definition) is 1. The molecular formula is C16H37MoO4P. The van der Waals surface area contributed by atoms with Gasteiger partial charge in [-0.25, -0.2) is 4.57 Å². The zero-order valence-corrected chi connectivity index (χ0v) is 17.7. The van der Waals surface area contributed by atoms with Gasteiger partial charge < -0.3 is 14.7 Å². The van der Waals surface area contributed by atoms with Crippen molar-refractivity contribution in [2.24, 2.45) is 11.8 Å². The average Bonchev–Trinajstić information content (AvgIpc) is 2.44. The second-order valence-corrected chi connectivity index (χ2v) is 9.55. The summed E-state index contributed by atoms with van der Waals surface area (Å²) < 4.78 is 8.88. The van der Waals surface area contributed by atoms with E-state index in [9.17, 15) is 0 Å². The molecule has 0 bridgehead atoms. The maximum absolute atomic E-state index is 8.88. The van der Waals surface area contributed by atoms with E-state index < -0.39 is 7.82 Å². The smallest absolute Gasteiger partial charge is 0.303 e. The van der Waals surface area contributed by atoms with E-state index in [1.165, 1.54) is 51.4 Å². The van der Waals surface area contributed by atoms with Crippen LogP contribution in [0.3, 0.4) is 0 Å². The first kappa shape index (κ1) is 25.0. The molecule has 0 aliphatic heterocycles. The maximum atomic E-state index is 8.88. The van der Waals surface area contributed by atoms with Crippen molar-refractivity contribution < 1.29 is 37.8 Å². The molecule has 0 aliphatic rings. The summed E-state index contributed by atoms with van der Waals surface area (Å²) in [5.74, 6) is 2.14. The minimum absolute atomic E-state index is 0.318. The quantitative estimate of drug-likeness (QED) is 0.291. The number of rotatable bonds is 12. The van der Waals surface area contributed by atoms with Crippen LogP contribution in [0.1, 0.15) is 79.1 Å². The molecule has 2 unspecified atom stereocenters. The molecule has 136 valence electrons. The van der Waals surface area contributed by atoms with Crippen LogP contribution in [0, 0.1) is 11.8 Å². The Morgan fingerprint density at radius 2 is 1.14 bits per heavy atom. The van der Waals surface area contributed by atoms with Gasteiger partial charge in [-0.1, -0.05) is 0 Å². The van der Waals surface area contributed by atoms with E-state index in [1.54, 1.807) is 9.62 Å². The van der Waals surface area contributed by atoms with Gasteiger partial charge in [0.15, 0.2) is 0 Å². The van der Waals surface area contributed by atoms with Crippen LogP contribution in [0.4, 0.5) is 0 Å². The fourth-order valence-corrected chi connectivity index (χ4v) is 6.15. The van der Waals surface area contributed by atoms with Crippen LogP contribution in [-0.2, 0) is 23.1 Å². The van der Waals surface area contributed by atoms with Gasteiger partial charge in [-0.15, -0.1) is 0 Å². The van der Waals surface area contributed by atoms with Crippen molar-refractivity contribution in [1.82, 2.24) is 0 Å². The summed E-state index contributed by atoms with van der Waals surface area (Å²) in [6, 6.07) is 0. The summed E-state index contributed by atoms with van der Waals surface area (Å²) in [6.45, 7) is 9.42. The topological polar surface area (TPSA) is 77.8 Å². The Morgan fingerprint density at radius 1 is 0.818 bits per heavy atom. The van der Waals surface area contributed by atoms with Crippen LogP contribution in [0.25, 0.3) is 0 Å². The van der Waals surface area contributed by atoms with Gasteiger partial charge >= 0.3 is 127 Å². The van der Waals surface area contributed by atoms with Gasteiger partial charge in [0.25, 0.3) is 0 Å². The molecule has 0 aromatic carbocycles. The average molecular weight is 420 g/mol. The van der Waals surface area contributed by atoms with Crippen LogP contribution in [0.2, 0.25) is 9.62 Å². The third kappa shape index (κ3) is 23.1. The summed E-state index contributed by atoms with van der Waals surface area (Å²) >= 11 is 0.318. The Morgan fingerprint density at radius 3 is 1.36 bits per heavy atom. The molecule has 4 nitrogen and oxygen atoms in total. The van der Waals surface area contributed by atoms with Gasteiger partial charge in [-0.2, -0.15) is 0 Å².